The number of nitrogens with zero attached hydrogens (tertiary/aromatic N) is 4. The second-order valence-electron chi connectivity index (χ2n) is 8.27. The maximum absolute atomic E-state index is 11.6. The molecule has 1 aromatic heterocycles. The number of carbonyl (C=O) groups is 1. The van der Waals surface area contributed by atoms with Crippen molar-refractivity contribution in [3.63, 3.8) is 0 Å². The molecule has 0 N–H and O–H groups in total. The highest BCUT2D eigenvalue weighted by molar-refractivity contribution is 5.73. The molecule has 154 valence electrons. The van der Waals surface area contributed by atoms with Crippen LogP contribution in [0.2, 0.25) is 0 Å². The fourth-order valence-corrected chi connectivity index (χ4v) is 4.53. The summed E-state index contributed by atoms with van der Waals surface area (Å²) in [4.78, 5) is 25.3. The molecule has 0 unspecified atom stereocenters. The van der Waals surface area contributed by atoms with Gasteiger partial charge in [0.1, 0.15) is 5.75 Å². The molecule has 3 heterocycles. The van der Waals surface area contributed by atoms with Gasteiger partial charge < -0.3 is 9.64 Å². The normalized spacial score (nSPS) is 21.2. The predicted octanol–water partition coefficient (Wildman–Crippen LogP) is 3.77. The Morgan fingerprint density at radius 2 is 1.97 bits per heavy atom. The van der Waals surface area contributed by atoms with E-state index in [9.17, 15) is 4.79 Å². The van der Waals surface area contributed by atoms with Crippen LogP contribution in [0, 0.1) is 6.92 Å². The molecule has 2 aromatic rings. The van der Waals surface area contributed by atoms with Gasteiger partial charge in [-0.05, 0) is 56.8 Å². The van der Waals surface area contributed by atoms with Gasteiger partial charge in [0.05, 0.1) is 11.9 Å². The van der Waals surface area contributed by atoms with Gasteiger partial charge in [0, 0.05) is 44.7 Å². The van der Waals surface area contributed by atoms with E-state index in [0.29, 0.717) is 17.8 Å². The van der Waals surface area contributed by atoms with E-state index in [4.69, 9.17) is 9.72 Å². The van der Waals surface area contributed by atoms with Crippen LogP contribution in [0.3, 0.4) is 0 Å². The minimum atomic E-state index is 0.195. The number of piperidine rings is 2. The van der Waals surface area contributed by atoms with Crippen LogP contribution in [0.25, 0.3) is 0 Å². The van der Waals surface area contributed by atoms with Crippen LogP contribution in [0.5, 0.6) is 11.6 Å². The van der Waals surface area contributed by atoms with Crippen molar-refractivity contribution in [3.8, 4) is 11.6 Å². The van der Waals surface area contributed by atoms with Crippen LogP contribution < -0.4 is 4.74 Å². The quantitative estimate of drug-likeness (QED) is 0.790. The first-order valence-electron chi connectivity index (χ1n) is 10.6. The van der Waals surface area contributed by atoms with E-state index in [2.05, 4.69) is 9.88 Å². The summed E-state index contributed by atoms with van der Waals surface area (Å²) in [6, 6.07) is 8.54. The van der Waals surface area contributed by atoms with Gasteiger partial charge >= 0.3 is 0 Å². The monoisotopic (exact) mass is 394 g/mol. The number of ether oxygens (including phenoxy) is 1. The molecule has 0 radical (unpaired) electrons. The van der Waals surface area contributed by atoms with Gasteiger partial charge in [-0.1, -0.05) is 12.1 Å². The standard InChI is InChI=1S/C23H30N4O2/c1-17-5-3-7-21(13-17)29-23-15-24-14-22(25-23)19-6-4-10-27(16-19)20-8-11-26(12-9-20)18(2)28/h3,5,7,13-15,19-20H,4,6,8-12,16H2,1-2H3/t19-/m1/s1. The SMILES string of the molecule is CC(=O)N1CCC(N2CCC[C@@H](c3cncc(Oc4cccc(C)c4)n3)C2)CC1. The fourth-order valence-electron chi connectivity index (χ4n) is 4.53. The number of hydrogen-bond acceptors (Lipinski definition) is 5. The molecule has 4 rings (SSSR count). The van der Waals surface area contributed by atoms with Crippen molar-refractivity contribution in [1.29, 1.82) is 0 Å². The topological polar surface area (TPSA) is 58.6 Å². The number of benzene rings is 1. The molecule has 6 nitrogen and oxygen atoms in total. The minimum Gasteiger partial charge on any atom is -0.437 e. The van der Waals surface area contributed by atoms with E-state index >= 15 is 0 Å². The number of hydrogen-bond donors (Lipinski definition) is 0. The number of aromatic nitrogens is 2. The van der Waals surface area contributed by atoms with E-state index in [1.807, 2.05) is 42.3 Å². The predicted molar refractivity (Wildman–Crippen MR) is 112 cm³/mol. The van der Waals surface area contributed by atoms with E-state index in [-0.39, 0.29) is 5.91 Å². The molecule has 1 amide bonds. The van der Waals surface area contributed by atoms with E-state index in [0.717, 1.165) is 62.4 Å². The third-order valence-corrected chi connectivity index (χ3v) is 6.14. The molecule has 1 atom stereocenters. The van der Waals surface area contributed by atoms with Crippen molar-refractivity contribution in [3.05, 3.63) is 47.9 Å². The maximum atomic E-state index is 11.6. The number of likely N-dealkylation sites (tertiary alicyclic amines) is 2. The summed E-state index contributed by atoms with van der Waals surface area (Å²) >= 11 is 0. The highest BCUT2D eigenvalue weighted by Gasteiger charge is 2.30. The van der Waals surface area contributed by atoms with Gasteiger partial charge in [-0.3, -0.25) is 14.7 Å². The van der Waals surface area contributed by atoms with Gasteiger partial charge in [-0.15, -0.1) is 0 Å². The third kappa shape index (κ3) is 4.93. The summed E-state index contributed by atoms with van der Waals surface area (Å²) in [6.07, 6.45) is 8.00. The zero-order valence-corrected chi connectivity index (χ0v) is 17.4. The smallest absolute Gasteiger partial charge is 0.238 e. The lowest BCUT2D eigenvalue weighted by molar-refractivity contribution is -0.130. The zero-order chi connectivity index (χ0) is 20.2. The molecule has 6 heteroatoms. The molecule has 2 saturated heterocycles. The molecule has 29 heavy (non-hydrogen) atoms. The largest absolute Gasteiger partial charge is 0.437 e. The summed E-state index contributed by atoms with van der Waals surface area (Å²) in [5.74, 6) is 1.92. The van der Waals surface area contributed by atoms with Crippen molar-refractivity contribution < 1.29 is 9.53 Å². The van der Waals surface area contributed by atoms with Gasteiger partial charge in [0.25, 0.3) is 0 Å². The van der Waals surface area contributed by atoms with Crippen molar-refractivity contribution >= 4 is 5.91 Å². The second-order valence-corrected chi connectivity index (χ2v) is 8.27. The molecule has 0 saturated carbocycles. The second kappa shape index (κ2) is 8.91. The zero-order valence-electron chi connectivity index (χ0n) is 17.4. The van der Waals surface area contributed by atoms with Gasteiger partial charge in [0.2, 0.25) is 11.8 Å². The van der Waals surface area contributed by atoms with E-state index in [1.54, 1.807) is 13.1 Å². The Hall–Kier alpha value is -2.47. The molecule has 0 bridgehead atoms. The third-order valence-electron chi connectivity index (χ3n) is 6.14. The Bertz CT molecular complexity index is 848. The maximum Gasteiger partial charge on any atom is 0.238 e. The summed E-state index contributed by atoms with van der Waals surface area (Å²) in [5, 5.41) is 0. The van der Waals surface area contributed by atoms with Crippen molar-refractivity contribution in [2.45, 2.75) is 51.5 Å². The molecule has 2 aliphatic rings. The Balaban J connectivity index is 1.40. The number of rotatable bonds is 4. The molecular weight excluding hydrogens is 364 g/mol. The highest BCUT2D eigenvalue weighted by Crippen LogP contribution is 2.30. The first-order chi connectivity index (χ1) is 14.1. The van der Waals surface area contributed by atoms with Gasteiger partial charge in [-0.25, -0.2) is 4.98 Å². The summed E-state index contributed by atoms with van der Waals surface area (Å²) in [5.41, 5.74) is 2.17. The highest BCUT2D eigenvalue weighted by atomic mass is 16.5. The average Bonchev–Trinajstić information content (AvgIpc) is 2.74. The van der Waals surface area contributed by atoms with Crippen molar-refractivity contribution in [2.75, 3.05) is 26.2 Å². The van der Waals surface area contributed by atoms with Crippen LogP contribution in [-0.2, 0) is 4.79 Å². The van der Waals surface area contributed by atoms with Gasteiger partial charge in [-0.2, -0.15) is 0 Å². The van der Waals surface area contributed by atoms with Crippen LogP contribution >= 0.6 is 0 Å². The molecule has 0 aliphatic carbocycles. The lowest BCUT2D eigenvalue weighted by atomic mass is 9.92. The molecule has 0 spiro atoms. The first kappa shape index (κ1) is 19.8. The minimum absolute atomic E-state index is 0.195. The fraction of sp³-hybridized carbons (Fsp3) is 0.522. The van der Waals surface area contributed by atoms with Crippen LogP contribution in [0.1, 0.15) is 49.8 Å². The Morgan fingerprint density at radius 1 is 1.14 bits per heavy atom. The summed E-state index contributed by atoms with van der Waals surface area (Å²) in [6.45, 7) is 7.61. The summed E-state index contributed by atoms with van der Waals surface area (Å²) in [7, 11) is 0. The summed E-state index contributed by atoms with van der Waals surface area (Å²) < 4.78 is 5.94. The lowest BCUT2D eigenvalue weighted by Crippen LogP contribution is -2.49. The van der Waals surface area contributed by atoms with E-state index in [1.165, 1.54) is 6.42 Å². The van der Waals surface area contributed by atoms with Crippen molar-refractivity contribution in [2.24, 2.45) is 0 Å². The molecule has 1 aromatic carbocycles. The number of carbonyl (C=O) groups excluding carboxylic acids is 1. The Kier molecular flexibility index (Phi) is 6.09. The Morgan fingerprint density at radius 3 is 2.72 bits per heavy atom. The van der Waals surface area contributed by atoms with Gasteiger partial charge in [0.15, 0.2) is 0 Å². The molecule has 2 aliphatic heterocycles. The van der Waals surface area contributed by atoms with Crippen LogP contribution in [0.4, 0.5) is 0 Å². The van der Waals surface area contributed by atoms with Crippen LogP contribution in [0.15, 0.2) is 36.7 Å². The van der Waals surface area contributed by atoms with Crippen LogP contribution in [-0.4, -0.2) is 57.9 Å². The van der Waals surface area contributed by atoms with Crippen molar-refractivity contribution in [1.82, 2.24) is 19.8 Å². The number of amides is 1. The molecule has 2 fully saturated rings. The molecular formula is C23H30N4O2. The average molecular weight is 395 g/mol. The first-order valence-corrected chi connectivity index (χ1v) is 10.6. The number of aryl methyl sites for hydroxylation is 1. The lowest BCUT2D eigenvalue weighted by Gasteiger charge is -2.42. The van der Waals surface area contributed by atoms with E-state index < -0.39 is 0 Å². The Labute approximate surface area is 172 Å².